The second-order valence-electron chi connectivity index (χ2n) is 7.42. The Morgan fingerprint density at radius 1 is 1.18 bits per heavy atom. The summed E-state index contributed by atoms with van der Waals surface area (Å²) >= 11 is 1.75. The predicted molar refractivity (Wildman–Crippen MR) is 112 cm³/mol. The second kappa shape index (κ2) is 8.41. The van der Waals surface area contributed by atoms with Crippen LogP contribution in [0.15, 0.2) is 42.5 Å². The maximum atomic E-state index is 12.5. The van der Waals surface area contributed by atoms with E-state index in [-0.39, 0.29) is 17.9 Å². The van der Waals surface area contributed by atoms with Crippen LogP contribution in [0, 0.1) is 5.92 Å². The van der Waals surface area contributed by atoms with Crippen LogP contribution in [0.3, 0.4) is 0 Å². The molecule has 148 valence electrons. The van der Waals surface area contributed by atoms with Gasteiger partial charge in [-0.3, -0.25) is 10.1 Å². The molecule has 3 atom stereocenters. The van der Waals surface area contributed by atoms with Crippen LogP contribution < -0.4 is 11.1 Å². The molecule has 2 aromatic carbocycles. The third-order valence-electron chi connectivity index (χ3n) is 5.58. The third kappa shape index (κ3) is 4.10. The number of thioether (sulfide) groups is 1. The van der Waals surface area contributed by atoms with E-state index in [1.165, 1.54) is 0 Å². The van der Waals surface area contributed by atoms with E-state index in [1.54, 1.807) is 11.8 Å². The van der Waals surface area contributed by atoms with Crippen LogP contribution in [0.1, 0.15) is 19.3 Å². The fourth-order valence-corrected chi connectivity index (χ4v) is 4.99. The van der Waals surface area contributed by atoms with Gasteiger partial charge < -0.3 is 15.4 Å². The first-order chi connectivity index (χ1) is 13.6. The Kier molecular flexibility index (Phi) is 5.73. The topological polar surface area (TPSA) is 84.7 Å². The van der Waals surface area contributed by atoms with E-state index in [4.69, 9.17) is 10.5 Å². The SMILES string of the molecule is N[C@@H](C(=O)N1CCSC1)[C@H]1CC[C@@H](OC(=O)Nc2cccc3ccccc23)C1. The minimum absolute atomic E-state index is 0.0239. The number of ether oxygens (including phenoxy) is 1. The van der Waals surface area contributed by atoms with Crippen LogP contribution in [-0.2, 0) is 9.53 Å². The highest BCUT2D eigenvalue weighted by molar-refractivity contribution is 7.99. The first kappa shape index (κ1) is 19.1. The number of carbonyl (C=O) groups is 2. The van der Waals surface area contributed by atoms with Gasteiger partial charge in [-0.1, -0.05) is 36.4 Å². The van der Waals surface area contributed by atoms with E-state index in [0.29, 0.717) is 6.42 Å². The molecule has 0 aromatic heterocycles. The molecule has 7 heteroatoms. The number of hydrogen-bond donors (Lipinski definition) is 2. The Morgan fingerprint density at radius 3 is 2.82 bits per heavy atom. The molecular weight excluding hydrogens is 374 g/mol. The fourth-order valence-electron chi connectivity index (χ4n) is 4.03. The number of carbonyl (C=O) groups excluding carboxylic acids is 2. The zero-order valence-electron chi connectivity index (χ0n) is 15.7. The average molecular weight is 400 g/mol. The molecule has 0 spiro atoms. The number of fused-ring (bicyclic) bond motifs is 1. The molecule has 1 saturated carbocycles. The molecule has 1 aliphatic carbocycles. The van der Waals surface area contributed by atoms with Gasteiger partial charge in [-0.05, 0) is 36.6 Å². The summed E-state index contributed by atoms with van der Waals surface area (Å²) in [5.41, 5.74) is 6.96. The van der Waals surface area contributed by atoms with Gasteiger partial charge in [0.05, 0.1) is 17.6 Å². The third-order valence-corrected chi connectivity index (χ3v) is 6.55. The van der Waals surface area contributed by atoms with Crippen LogP contribution in [0.2, 0.25) is 0 Å². The van der Waals surface area contributed by atoms with Crippen LogP contribution in [0.4, 0.5) is 10.5 Å². The van der Waals surface area contributed by atoms with E-state index in [1.807, 2.05) is 47.4 Å². The largest absolute Gasteiger partial charge is 0.446 e. The molecule has 1 aliphatic heterocycles. The Bertz CT molecular complexity index is 864. The van der Waals surface area contributed by atoms with Crippen LogP contribution >= 0.6 is 11.8 Å². The van der Waals surface area contributed by atoms with E-state index in [0.717, 1.165) is 47.5 Å². The van der Waals surface area contributed by atoms with Crippen molar-refractivity contribution in [3.63, 3.8) is 0 Å². The monoisotopic (exact) mass is 399 g/mol. The summed E-state index contributed by atoms with van der Waals surface area (Å²) < 4.78 is 5.62. The summed E-state index contributed by atoms with van der Waals surface area (Å²) in [6.45, 7) is 0.775. The van der Waals surface area contributed by atoms with Gasteiger partial charge in [0.2, 0.25) is 5.91 Å². The van der Waals surface area contributed by atoms with E-state index in [2.05, 4.69) is 5.32 Å². The smallest absolute Gasteiger partial charge is 0.411 e. The molecule has 1 saturated heterocycles. The van der Waals surface area contributed by atoms with Crippen molar-refractivity contribution in [2.45, 2.75) is 31.4 Å². The predicted octanol–water partition coefficient (Wildman–Crippen LogP) is 3.42. The summed E-state index contributed by atoms with van der Waals surface area (Å²) in [7, 11) is 0. The highest BCUT2D eigenvalue weighted by Crippen LogP contribution is 2.31. The molecule has 0 radical (unpaired) electrons. The van der Waals surface area contributed by atoms with E-state index < -0.39 is 12.1 Å². The molecule has 3 N–H and O–H groups in total. The molecule has 6 nitrogen and oxygen atoms in total. The number of nitrogens with one attached hydrogen (secondary N) is 1. The summed E-state index contributed by atoms with van der Waals surface area (Å²) in [4.78, 5) is 26.7. The summed E-state index contributed by atoms with van der Waals surface area (Å²) in [5.74, 6) is 1.79. The normalized spacial score (nSPS) is 23.0. The number of anilines is 1. The fraction of sp³-hybridized carbons (Fsp3) is 0.429. The van der Waals surface area contributed by atoms with Gasteiger partial charge in [-0.15, -0.1) is 11.8 Å². The van der Waals surface area contributed by atoms with Crippen LogP contribution in [0.25, 0.3) is 10.8 Å². The molecule has 28 heavy (non-hydrogen) atoms. The Labute approximate surface area is 168 Å². The lowest BCUT2D eigenvalue weighted by Gasteiger charge is -2.24. The van der Waals surface area contributed by atoms with Gasteiger partial charge in [-0.25, -0.2) is 4.79 Å². The van der Waals surface area contributed by atoms with Crippen molar-refractivity contribution in [3.8, 4) is 0 Å². The Hall–Kier alpha value is -2.25. The van der Waals surface area contributed by atoms with Crippen molar-refractivity contribution in [1.82, 2.24) is 4.90 Å². The van der Waals surface area contributed by atoms with Gasteiger partial charge in [0.15, 0.2) is 0 Å². The number of rotatable bonds is 4. The number of nitrogens with zero attached hydrogens (tertiary/aromatic N) is 1. The minimum Gasteiger partial charge on any atom is -0.446 e. The average Bonchev–Trinajstić information content (AvgIpc) is 3.39. The summed E-state index contributed by atoms with van der Waals surface area (Å²) in [6.07, 6.45) is 1.52. The van der Waals surface area contributed by atoms with Crippen molar-refractivity contribution < 1.29 is 14.3 Å². The molecule has 0 unspecified atom stereocenters. The highest BCUT2D eigenvalue weighted by atomic mass is 32.2. The standard InChI is InChI=1S/C21H25N3O3S/c22-19(20(25)24-10-11-28-13-24)15-8-9-16(12-15)27-21(26)23-18-7-3-5-14-4-1-2-6-17(14)18/h1-7,15-16,19H,8-13,22H2,(H,23,26)/t15-,16+,19+/m0/s1. The first-order valence-electron chi connectivity index (χ1n) is 9.69. The van der Waals surface area contributed by atoms with Crippen molar-refractivity contribution in [2.24, 2.45) is 11.7 Å². The van der Waals surface area contributed by atoms with Crippen molar-refractivity contribution >= 4 is 40.2 Å². The molecule has 4 rings (SSSR count). The maximum Gasteiger partial charge on any atom is 0.411 e. The lowest BCUT2D eigenvalue weighted by Crippen LogP contribution is -2.46. The molecule has 2 fully saturated rings. The number of nitrogens with two attached hydrogens (primary N) is 1. The molecule has 1 heterocycles. The molecule has 0 bridgehead atoms. The van der Waals surface area contributed by atoms with Gasteiger partial charge in [0.1, 0.15) is 6.10 Å². The molecular formula is C21H25N3O3S. The van der Waals surface area contributed by atoms with Crippen LogP contribution in [0.5, 0.6) is 0 Å². The lowest BCUT2D eigenvalue weighted by molar-refractivity contribution is -0.132. The lowest BCUT2D eigenvalue weighted by atomic mass is 9.98. The number of hydrogen-bond acceptors (Lipinski definition) is 5. The summed E-state index contributed by atoms with van der Waals surface area (Å²) in [5, 5.41) is 4.89. The molecule has 2 amide bonds. The molecule has 2 aromatic rings. The van der Waals surface area contributed by atoms with E-state index >= 15 is 0 Å². The van der Waals surface area contributed by atoms with Crippen LogP contribution in [-0.4, -0.2) is 47.2 Å². The van der Waals surface area contributed by atoms with E-state index in [9.17, 15) is 9.59 Å². The highest BCUT2D eigenvalue weighted by Gasteiger charge is 2.36. The maximum absolute atomic E-state index is 12.5. The molecule has 2 aliphatic rings. The van der Waals surface area contributed by atoms with Crippen molar-refractivity contribution in [1.29, 1.82) is 0 Å². The number of amides is 2. The van der Waals surface area contributed by atoms with Gasteiger partial charge in [-0.2, -0.15) is 0 Å². The van der Waals surface area contributed by atoms with Crippen molar-refractivity contribution in [3.05, 3.63) is 42.5 Å². The zero-order valence-corrected chi connectivity index (χ0v) is 16.5. The van der Waals surface area contributed by atoms with Gasteiger partial charge >= 0.3 is 6.09 Å². The first-order valence-corrected chi connectivity index (χ1v) is 10.8. The summed E-state index contributed by atoms with van der Waals surface area (Å²) in [6, 6.07) is 13.2. The Morgan fingerprint density at radius 2 is 2.00 bits per heavy atom. The second-order valence-corrected chi connectivity index (χ2v) is 8.49. The van der Waals surface area contributed by atoms with Gasteiger partial charge in [0.25, 0.3) is 0 Å². The van der Waals surface area contributed by atoms with Crippen molar-refractivity contribution in [2.75, 3.05) is 23.5 Å². The zero-order chi connectivity index (χ0) is 19.5. The minimum atomic E-state index is -0.506. The Balaban J connectivity index is 1.32. The number of benzene rings is 2. The quantitative estimate of drug-likeness (QED) is 0.823. The van der Waals surface area contributed by atoms with Gasteiger partial charge in [0, 0.05) is 17.7 Å².